The molecule has 4 heteroatoms. The molecule has 0 amide bonds. The van der Waals surface area contributed by atoms with E-state index >= 15 is 0 Å². The maximum absolute atomic E-state index is 13.1. The number of rotatable bonds is 4. The summed E-state index contributed by atoms with van der Waals surface area (Å²) in [5.41, 5.74) is 3.26. The van der Waals surface area contributed by atoms with E-state index in [0.29, 0.717) is 23.1 Å². The third-order valence-electron chi connectivity index (χ3n) is 4.38. The van der Waals surface area contributed by atoms with Crippen molar-refractivity contribution in [2.24, 2.45) is 0 Å². The Morgan fingerprint density at radius 2 is 1.35 bits per heavy atom. The number of ketones is 1. The van der Waals surface area contributed by atoms with Crippen LogP contribution in [0.3, 0.4) is 0 Å². The standard InChI is InChI=1S/C22H21Cl2NO/c1-2-11-25-14-18(12-16-7-3-5-9-20(16)23)22(26)19(15-25)13-17-8-4-6-10-21(17)24/h3-10,12-13H,2,11,14-15H2,1H3/b18-12+,19-13+. The number of benzene rings is 2. The van der Waals surface area contributed by atoms with E-state index in [1.807, 2.05) is 60.7 Å². The molecule has 2 nitrogen and oxygen atoms in total. The lowest BCUT2D eigenvalue weighted by Gasteiger charge is -2.29. The zero-order valence-corrected chi connectivity index (χ0v) is 16.2. The maximum Gasteiger partial charge on any atom is 0.187 e. The van der Waals surface area contributed by atoms with E-state index in [9.17, 15) is 4.79 Å². The quantitative estimate of drug-likeness (QED) is 0.623. The molecule has 2 aromatic rings. The van der Waals surface area contributed by atoms with Gasteiger partial charge in [-0.05, 0) is 48.4 Å². The summed E-state index contributed by atoms with van der Waals surface area (Å²) in [5.74, 6) is 0.0668. The Kier molecular flexibility index (Phi) is 6.31. The first-order valence-electron chi connectivity index (χ1n) is 8.75. The van der Waals surface area contributed by atoms with Crippen LogP contribution >= 0.6 is 23.2 Å². The minimum absolute atomic E-state index is 0.0668. The molecule has 1 aliphatic rings. The number of halogens is 2. The van der Waals surface area contributed by atoms with Crippen molar-refractivity contribution in [2.75, 3.05) is 19.6 Å². The van der Waals surface area contributed by atoms with E-state index in [-0.39, 0.29) is 5.78 Å². The molecule has 0 N–H and O–H groups in total. The highest BCUT2D eigenvalue weighted by molar-refractivity contribution is 6.33. The Labute approximate surface area is 164 Å². The molecule has 0 aromatic heterocycles. The second-order valence-corrected chi connectivity index (χ2v) is 7.24. The molecular weight excluding hydrogens is 365 g/mol. The Bertz CT molecular complexity index is 802. The minimum atomic E-state index is 0.0668. The number of piperidine rings is 1. The lowest BCUT2D eigenvalue weighted by Crippen LogP contribution is -2.38. The fourth-order valence-electron chi connectivity index (χ4n) is 3.14. The van der Waals surface area contributed by atoms with Gasteiger partial charge in [0, 0.05) is 34.3 Å². The van der Waals surface area contributed by atoms with Crippen molar-refractivity contribution in [3.8, 4) is 0 Å². The molecule has 3 rings (SSSR count). The molecule has 26 heavy (non-hydrogen) atoms. The highest BCUT2D eigenvalue weighted by Crippen LogP contribution is 2.26. The van der Waals surface area contributed by atoms with Crippen LogP contribution < -0.4 is 0 Å². The fraction of sp³-hybridized carbons (Fsp3) is 0.227. The molecule has 2 aromatic carbocycles. The predicted molar refractivity (Wildman–Crippen MR) is 111 cm³/mol. The topological polar surface area (TPSA) is 20.3 Å². The molecule has 0 saturated carbocycles. The highest BCUT2D eigenvalue weighted by Gasteiger charge is 2.26. The second kappa shape index (κ2) is 8.68. The number of hydrogen-bond donors (Lipinski definition) is 0. The van der Waals surface area contributed by atoms with E-state index in [4.69, 9.17) is 23.2 Å². The Hall–Kier alpha value is -1.87. The van der Waals surface area contributed by atoms with E-state index in [1.54, 1.807) is 0 Å². The van der Waals surface area contributed by atoms with Gasteiger partial charge in [0.2, 0.25) is 0 Å². The molecule has 1 saturated heterocycles. The predicted octanol–water partition coefficient (Wildman–Crippen LogP) is 5.76. The summed E-state index contributed by atoms with van der Waals surface area (Å²) in [7, 11) is 0. The molecule has 134 valence electrons. The van der Waals surface area contributed by atoms with Crippen LogP contribution in [0.1, 0.15) is 24.5 Å². The third-order valence-corrected chi connectivity index (χ3v) is 5.07. The van der Waals surface area contributed by atoms with Crippen molar-refractivity contribution in [3.63, 3.8) is 0 Å². The first-order valence-corrected chi connectivity index (χ1v) is 9.51. The van der Waals surface area contributed by atoms with Crippen molar-refractivity contribution in [1.29, 1.82) is 0 Å². The van der Waals surface area contributed by atoms with Crippen molar-refractivity contribution < 1.29 is 4.79 Å². The SMILES string of the molecule is CCCN1C/C(=C\c2ccccc2Cl)C(=O)/C(=C/c2ccccc2Cl)C1. The van der Waals surface area contributed by atoms with E-state index in [0.717, 1.165) is 35.2 Å². The average molecular weight is 386 g/mol. The molecular formula is C22H21Cl2NO. The largest absolute Gasteiger partial charge is 0.295 e. The van der Waals surface area contributed by atoms with Gasteiger partial charge < -0.3 is 0 Å². The summed E-state index contributed by atoms with van der Waals surface area (Å²) >= 11 is 12.5. The zero-order valence-electron chi connectivity index (χ0n) is 14.7. The monoisotopic (exact) mass is 385 g/mol. The second-order valence-electron chi connectivity index (χ2n) is 6.42. The van der Waals surface area contributed by atoms with Gasteiger partial charge in [-0.1, -0.05) is 66.5 Å². The molecule has 0 unspecified atom stereocenters. The van der Waals surface area contributed by atoms with Crippen molar-refractivity contribution in [1.82, 2.24) is 4.90 Å². The van der Waals surface area contributed by atoms with E-state index < -0.39 is 0 Å². The summed E-state index contributed by atoms with van der Waals surface area (Å²) in [4.78, 5) is 15.3. The molecule has 1 aliphatic heterocycles. The number of hydrogen-bond acceptors (Lipinski definition) is 2. The number of carbonyl (C=O) groups excluding carboxylic acids is 1. The summed E-state index contributed by atoms with van der Waals surface area (Å²) in [6, 6.07) is 15.2. The van der Waals surface area contributed by atoms with Gasteiger partial charge in [0.25, 0.3) is 0 Å². The number of nitrogens with zero attached hydrogens (tertiary/aromatic N) is 1. The highest BCUT2D eigenvalue weighted by atomic mass is 35.5. The number of likely N-dealkylation sites (tertiary alicyclic amines) is 1. The summed E-state index contributed by atoms with van der Waals surface area (Å²) in [6.45, 7) is 4.36. The van der Waals surface area contributed by atoms with Crippen LogP contribution in [0.5, 0.6) is 0 Å². The van der Waals surface area contributed by atoms with Gasteiger partial charge in [-0.2, -0.15) is 0 Å². The van der Waals surface area contributed by atoms with E-state index in [1.165, 1.54) is 0 Å². The molecule has 1 heterocycles. The molecule has 0 aliphatic carbocycles. The first-order chi connectivity index (χ1) is 12.6. The number of Topliss-reactive ketones (excluding diaryl/α,β-unsaturated/α-hetero) is 1. The van der Waals surface area contributed by atoms with Gasteiger partial charge in [0.15, 0.2) is 5.78 Å². The third kappa shape index (κ3) is 4.45. The molecule has 0 radical (unpaired) electrons. The van der Waals surface area contributed by atoms with Crippen LogP contribution in [-0.2, 0) is 4.79 Å². The average Bonchev–Trinajstić information content (AvgIpc) is 2.63. The van der Waals surface area contributed by atoms with Crippen LogP contribution in [0.25, 0.3) is 12.2 Å². The van der Waals surface area contributed by atoms with Gasteiger partial charge in [0.05, 0.1) is 0 Å². The summed E-state index contributed by atoms with van der Waals surface area (Å²) < 4.78 is 0. The van der Waals surface area contributed by atoms with Crippen LogP contribution in [0.4, 0.5) is 0 Å². The van der Waals surface area contributed by atoms with Gasteiger partial charge in [-0.25, -0.2) is 0 Å². The minimum Gasteiger partial charge on any atom is -0.295 e. The van der Waals surface area contributed by atoms with Gasteiger partial charge >= 0.3 is 0 Å². The van der Waals surface area contributed by atoms with Gasteiger partial charge in [0.1, 0.15) is 0 Å². The first kappa shape index (κ1) is 18.9. The molecule has 0 bridgehead atoms. The Morgan fingerprint density at radius 1 is 0.885 bits per heavy atom. The fourth-order valence-corrected chi connectivity index (χ4v) is 3.52. The molecule has 1 fully saturated rings. The van der Waals surface area contributed by atoms with Crippen LogP contribution in [-0.4, -0.2) is 30.3 Å². The lowest BCUT2D eigenvalue weighted by atomic mass is 9.94. The van der Waals surface area contributed by atoms with Crippen LogP contribution in [0.2, 0.25) is 10.0 Å². The Morgan fingerprint density at radius 3 is 1.77 bits per heavy atom. The van der Waals surface area contributed by atoms with Gasteiger partial charge in [-0.15, -0.1) is 0 Å². The number of carbonyl (C=O) groups is 1. The Balaban J connectivity index is 1.99. The van der Waals surface area contributed by atoms with Crippen molar-refractivity contribution in [3.05, 3.63) is 80.8 Å². The van der Waals surface area contributed by atoms with Crippen molar-refractivity contribution in [2.45, 2.75) is 13.3 Å². The summed E-state index contributed by atoms with van der Waals surface area (Å²) in [5, 5.41) is 1.30. The van der Waals surface area contributed by atoms with Crippen molar-refractivity contribution >= 4 is 41.1 Å². The lowest BCUT2D eigenvalue weighted by molar-refractivity contribution is -0.113. The normalized spacial score (nSPS) is 18.7. The summed E-state index contributed by atoms with van der Waals surface area (Å²) in [6.07, 6.45) is 4.85. The molecule has 0 spiro atoms. The maximum atomic E-state index is 13.1. The smallest absolute Gasteiger partial charge is 0.187 e. The zero-order chi connectivity index (χ0) is 18.5. The van der Waals surface area contributed by atoms with Crippen LogP contribution in [0, 0.1) is 0 Å². The van der Waals surface area contributed by atoms with Crippen LogP contribution in [0.15, 0.2) is 59.7 Å². The van der Waals surface area contributed by atoms with Gasteiger partial charge in [-0.3, -0.25) is 9.69 Å². The van der Waals surface area contributed by atoms with E-state index in [2.05, 4.69) is 11.8 Å². The molecule has 0 atom stereocenters.